The van der Waals surface area contributed by atoms with Gasteiger partial charge in [-0.1, -0.05) is 18.2 Å². The average molecular weight is 246 g/mol. The molecule has 0 amide bonds. The van der Waals surface area contributed by atoms with Crippen LogP contribution in [0.4, 0.5) is 4.39 Å². The zero-order chi connectivity index (χ0) is 13.0. The van der Waals surface area contributed by atoms with Crippen LogP contribution in [0.2, 0.25) is 0 Å². The summed E-state index contributed by atoms with van der Waals surface area (Å²) in [7, 11) is 0. The largest absolute Gasteiger partial charge is 0.286 e. The van der Waals surface area contributed by atoms with E-state index < -0.39 is 5.54 Å². The SMILES string of the molecule is CC(C#N)(CCc1ccccc1F)N1CCCC1. The van der Waals surface area contributed by atoms with Crippen molar-refractivity contribution < 1.29 is 4.39 Å². The number of hydrogen-bond acceptors (Lipinski definition) is 2. The maximum absolute atomic E-state index is 13.5. The number of rotatable bonds is 4. The summed E-state index contributed by atoms with van der Waals surface area (Å²) in [5, 5.41) is 9.41. The first-order valence-corrected chi connectivity index (χ1v) is 6.55. The van der Waals surface area contributed by atoms with Crippen LogP contribution >= 0.6 is 0 Å². The van der Waals surface area contributed by atoms with Crippen LogP contribution in [0.3, 0.4) is 0 Å². The Kier molecular flexibility index (Phi) is 3.98. The van der Waals surface area contributed by atoms with Crippen LogP contribution in [0, 0.1) is 17.1 Å². The lowest BCUT2D eigenvalue weighted by Crippen LogP contribution is -2.43. The molecule has 0 N–H and O–H groups in total. The number of likely N-dealkylation sites (tertiary alicyclic amines) is 1. The van der Waals surface area contributed by atoms with Gasteiger partial charge in [0.15, 0.2) is 0 Å². The molecule has 3 heteroatoms. The number of hydrogen-bond donors (Lipinski definition) is 0. The average Bonchev–Trinajstić information content (AvgIpc) is 2.92. The predicted molar refractivity (Wildman–Crippen MR) is 69.5 cm³/mol. The number of aryl methyl sites for hydroxylation is 1. The van der Waals surface area contributed by atoms with Crippen molar-refractivity contribution in [1.29, 1.82) is 5.26 Å². The molecule has 0 aliphatic carbocycles. The van der Waals surface area contributed by atoms with E-state index in [9.17, 15) is 9.65 Å². The molecule has 1 atom stereocenters. The molecule has 1 saturated heterocycles. The third-order valence-corrected chi connectivity index (χ3v) is 3.88. The molecule has 0 bridgehead atoms. The Hall–Kier alpha value is -1.40. The van der Waals surface area contributed by atoms with Crippen LogP contribution in [-0.4, -0.2) is 23.5 Å². The highest BCUT2D eigenvalue weighted by molar-refractivity contribution is 5.19. The van der Waals surface area contributed by atoms with Crippen molar-refractivity contribution in [1.82, 2.24) is 4.90 Å². The summed E-state index contributed by atoms with van der Waals surface area (Å²) in [6, 6.07) is 9.24. The summed E-state index contributed by atoms with van der Waals surface area (Å²) in [6.07, 6.45) is 3.63. The van der Waals surface area contributed by atoms with Crippen molar-refractivity contribution in [2.75, 3.05) is 13.1 Å². The number of nitriles is 1. The first-order chi connectivity index (χ1) is 8.65. The van der Waals surface area contributed by atoms with Crippen LogP contribution in [0.15, 0.2) is 24.3 Å². The summed E-state index contributed by atoms with van der Waals surface area (Å²) in [4.78, 5) is 2.23. The fraction of sp³-hybridized carbons (Fsp3) is 0.533. The first-order valence-electron chi connectivity index (χ1n) is 6.55. The molecule has 1 aliphatic heterocycles. The van der Waals surface area contributed by atoms with Gasteiger partial charge in [0.25, 0.3) is 0 Å². The van der Waals surface area contributed by atoms with E-state index in [4.69, 9.17) is 0 Å². The predicted octanol–water partition coefficient (Wildman–Crippen LogP) is 3.14. The molecular weight excluding hydrogens is 227 g/mol. The van der Waals surface area contributed by atoms with Crippen molar-refractivity contribution in [3.8, 4) is 6.07 Å². The summed E-state index contributed by atoms with van der Waals surface area (Å²) in [6.45, 7) is 3.95. The van der Waals surface area contributed by atoms with Crippen molar-refractivity contribution >= 4 is 0 Å². The Bertz CT molecular complexity index is 446. The zero-order valence-corrected chi connectivity index (χ0v) is 10.8. The van der Waals surface area contributed by atoms with E-state index in [1.165, 1.54) is 6.07 Å². The lowest BCUT2D eigenvalue weighted by molar-refractivity contribution is 0.180. The highest BCUT2D eigenvalue weighted by Gasteiger charge is 2.33. The summed E-state index contributed by atoms with van der Waals surface area (Å²) >= 11 is 0. The second kappa shape index (κ2) is 5.49. The first kappa shape index (κ1) is 13.0. The number of benzene rings is 1. The minimum Gasteiger partial charge on any atom is -0.286 e. The highest BCUT2D eigenvalue weighted by atomic mass is 19.1. The van der Waals surface area contributed by atoms with Gasteiger partial charge in [-0.25, -0.2) is 4.39 Å². The maximum Gasteiger partial charge on any atom is 0.126 e. The molecule has 1 fully saturated rings. The van der Waals surface area contributed by atoms with Crippen LogP contribution in [0.1, 0.15) is 31.7 Å². The monoisotopic (exact) mass is 246 g/mol. The molecule has 2 nitrogen and oxygen atoms in total. The maximum atomic E-state index is 13.5. The second-order valence-electron chi connectivity index (χ2n) is 5.17. The lowest BCUT2D eigenvalue weighted by Gasteiger charge is -2.32. The number of halogens is 1. The molecule has 0 spiro atoms. The normalized spacial score (nSPS) is 19.4. The molecule has 0 radical (unpaired) electrons. The lowest BCUT2D eigenvalue weighted by atomic mass is 9.93. The van der Waals surface area contributed by atoms with Gasteiger partial charge >= 0.3 is 0 Å². The smallest absolute Gasteiger partial charge is 0.126 e. The van der Waals surface area contributed by atoms with Gasteiger partial charge in [-0.2, -0.15) is 5.26 Å². The second-order valence-corrected chi connectivity index (χ2v) is 5.17. The molecule has 1 unspecified atom stereocenters. The molecule has 1 aromatic carbocycles. The van der Waals surface area contributed by atoms with E-state index in [1.54, 1.807) is 12.1 Å². The fourth-order valence-electron chi connectivity index (χ4n) is 2.57. The molecule has 1 aliphatic rings. The Labute approximate surface area is 108 Å². The molecule has 18 heavy (non-hydrogen) atoms. The van der Waals surface area contributed by atoms with Gasteiger partial charge in [0.2, 0.25) is 0 Å². The zero-order valence-electron chi connectivity index (χ0n) is 10.8. The minimum atomic E-state index is -0.460. The van der Waals surface area contributed by atoms with Gasteiger partial charge < -0.3 is 0 Å². The van der Waals surface area contributed by atoms with Gasteiger partial charge in [0.05, 0.1) is 6.07 Å². The summed E-state index contributed by atoms with van der Waals surface area (Å²) < 4.78 is 13.5. The number of nitrogens with zero attached hydrogens (tertiary/aromatic N) is 2. The van der Waals surface area contributed by atoms with Crippen molar-refractivity contribution in [2.24, 2.45) is 0 Å². The molecule has 1 aromatic rings. The van der Waals surface area contributed by atoms with Crippen molar-refractivity contribution in [2.45, 2.75) is 38.1 Å². The van der Waals surface area contributed by atoms with Gasteiger partial charge in [-0.05, 0) is 57.3 Å². The van der Waals surface area contributed by atoms with Crippen molar-refractivity contribution in [3.05, 3.63) is 35.6 Å². The van der Waals surface area contributed by atoms with E-state index in [1.807, 2.05) is 13.0 Å². The van der Waals surface area contributed by atoms with Crippen LogP contribution in [0.25, 0.3) is 0 Å². The summed E-state index contributed by atoms with van der Waals surface area (Å²) in [5.74, 6) is -0.167. The topological polar surface area (TPSA) is 27.0 Å². The third kappa shape index (κ3) is 2.70. The Balaban J connectivity index is 2.03. The van der Waals surface area contributed by atoms with Gasteiger partial charge in [-0.15, -0.1) is 0 Å². The molecule has 1 heterocycles. The van der Waals surface area contributed by atoms with E-state index in [0.29, 0.717) is 18.4 Å². The van der Waals surface area contributed by atoms with E-state index in [-0.39, 0.29) is 5.82 Å². The van der Waals surface area contributed by atoms with Gasteiger partial charge in [-0.3, -0.25) is 4.90 Å². The highest BCUT2D eigenvalue weighted by Crippen LogP contribution is 2.26. The quantitative estimate of drug-likeness (QED) is 0.816. The molecular formula is C15H19FN2. The molecule has 2 rings (SSSR count). The van der Waals surface area contributed by atoms with Crippen LogP contribution in [0.5, 0.6) is 0 Å². The van der Waals surface area contributed by atoms with E-state index in [2.05, 4.69) is 11.0 Å². The van der Waals surface area contributed by atoms with Crippen LogP contribution < -0.4 is 0 Å². The minimum absolute atomic E-state index is 0.167. The van der Waals surface area contributed by atoms with Crippen LogP contribution in [-0.2, 0) is 6.42 Å². The Morgan fingerprint density at radius 2 is 2.00 bits per heavy atom. The standard InChI is InChI=1S/C15H19FN2/c1-15(12-17,18-10-4-5-11-18)9-8-13-6-2-3-7-14(13)16/h2-3,6-7H,4-5,8-11H2,1H3. The van der Waals surface area contributed by atoms with E-state index in [0.717, 1.165) is 25.9 Å². The van der Waals surface area contributed by atoms with E-state index >= 15 is 0 Å². The fourth-order valence-corrected chi connectivity index (χ4v) is 2.57. The Morgan fingerprint density at radius 1 is 1.33 bits per heavy atom. The van der Waals surface area contributed by atoms with Crippen molar-refractivity contribution in [3.63, 3.8) is 0 Å². The molecule has 0 saturated carbocycles. The van der Waals surface area contributed by atoms with Gasteiger partial charge in [0.1, 0.15) is 11.4 Å². The third-order valence-electron chi connectivity index (χ3n) is 3.88. The summed E-state index contributed by atoms with van der Waals surface area (Å²) in [5.41, 5.74) is 0.247. The van der Waals surface area contributed by atoms with Gasteiger partial charge in [0, 0.05) is 0 Å². The Morgan fingerprint density at radius 3 is 2.61 bits per heavy atom. The molecule has 96 valence electrons. The molecule has 0 aromatic heterocycles.